The lowest BCUT2D eigenvalue weighted by atomic mass is 10.2. The number of carbonyl (C=O) groups is 1. The van der Waals surface area contributed by atoms with E-state index in [1.165, 1.54) is 25.0 Å². The van der Waals surface area contributed by atoms with E-state index < -0.39 is 0 Å². The SMILES string of the molecule is O=C(CCc1ccc(-c2ccc(F)cc2)o1)NC1CCCC1. The molecule has 0 aliphatic heterocycles. The number of benzene rings is 1. The van der Waals surface area contributed by atoms with Crippen molar-refractivity contribution >= 4 is 5.91 Å². The number of halogens is 1. The maximum atomic E-state index is 12.9. The Bertz CT molecular complexity index is 627. The Morgan fingerprint density at radius 1 is 1.14 bits per heavy atom. The molecule has 1 aromatic heterocycles. The lowest BCUT2D eigenvalue weighted by Crippen LogP contribution is -2.32. The summed E-state index contributed by atoms with van der Waals surface area (Å²) in [5.41, 5.74) is 0.836. The summed E-state index contributed by atoms with van der Waals surface area (Å²) in [4.78, 5) is 11.9. The quantitative estimate of drug-likeness (QED) is 0.904. The van der Waals surface area contributed by atoms with E-state index in [1.807, 2.05) is 12.1 Å². The number of hydrogen-bond donors (Lipinski definition) is 1. The third-order valence-corrected chi connectivity index (χ3v) is 4.11. The molecule has 0 spiro atoms. The van der Waals surface area contributed by atoms with E-state index in [9.17, 15) is 9.18 Å². The second kappa shape index (κ2) is 6.77. The summed E-state index contributed by atoms with van der Waals surface area (Å²) in [5, 5.41) is 3.07. The molecule has 116 valence electrons. The number of aryl methyl sites for hydroxylation is 1. The Morgan fingerprint density at radius 2 is 1.86 bits per heavy atom. The molecule has 0 saturated heterocycles. The number of amides is 1. The van der Waals surface area contributed by atoms with Gasteiger partial charge in [0.05, 0.1) is 0 Å². The van der Waals surface area contributed by atoms with Gasteiger partial charge >= 0.3 is 0 Å². The average molecular weight is 301 g/mol. The second-order valence-corrected chi connectivity index (χ2v) is 5.82. The molecule has 1 N–H and O–H groups in total. The highest BCUT2D eigenvalue weighted by Gasteiger charge is 2.17. The lowest BCUT2D eigenvalue weighted by molar-refractivity contribution is -0.121. The molecule has 1 aliphatic carbocycles. The van der Waals surface area contributed by atoms with Crippen LogP contribution >= 0.6 is 0 Å². The molecule has 22 heavy (non-hydrogen) atoms. The smallest absolute Gasteiger partial charge is 0.220 e. The summed E-state index contributed by atoms with van der Waals surface area (Å²) < 4.78 is 18.6. The van der Waals surface area contributed by atoms with Crippen molar-refractivity contribution in [1.29, 1.82) is 0 Å². The molecule has 0 bridgehead atoms. The summed E-state index contributed by atoms with van der Waals surface area (Å²) in [7, 11) is 0. The zero-order chi connectivity index (χ0) is 15.4. The standard InChI is InChI=1S/C18H20FNO2/c19-14-7-5-13(6-8-14)17-11-9-16(22-17)10-12-18(21)20-15-3-1-2-4-15/h5-9,11,15H,1-4,10,12H2,(H,20,21). The van der Waals surface area contributed by atoms with Crippen LogP contribution in [0, 0.1) is 5.82 Å². The van der Waals surface area contributed by atoms with Crippen LogP contribution in [0.3, 0.4) is 0 Å². The number of rotatable bonds is 5. The molecule has 1 fully saturated rings. The molecule has 0 atom stereocenters. The zero-order valence-electron chi connectivity index (χ0n) is 12.5. The van der Waals surface area contributed by atoms with E-state index in [2.05, 4.69) is 5.32 Å². The van der Waals surface area contributed by atoms with Crippen molar-refractivity contribution in [3.8, 4) is 11.3 Å². The topological polar surface area (TPSA) is 42.2 Å². The van der Waals surface area contributed by atoms with E-state index in [-0.39, 0.29) is 11.7 Å². The van der Waals surface area contributed by atoms with Gasteiger partial charge in [-0.25, -0.2) is 4.39 Å². The largest absolute Gasteiger partial charge is 0.461 e. The summed E-state index contributed by atoms with van der Waals surface area (Å²) in [6.45, 7) is 0. The van der Waals surface area contributed by atoms with Crippen molar-refractivity contribution in [1.82, 2.24) is 5.32 Å². The van der Waals surface area contributed by atoms with Crippen molar-refractivity contribution in [2.45, 2.75) is 44.6 Å². The van der Waals surface area contributed by atoms with E-state index in [1.54, 1.807) is 12.1 Å². The van der Waals surface area contributed by atoms with E-state index in [4.69, 9.17) is 4.42 Å². The van der Waals surface area contributed by atoms with Gasteiger partial charge in [0, 0.05) is 24.4 Å². The second-order valence-electron chi connectivity index (χ2n) is 5.82. The molecule has 2 aromatic rings. The van der Waals surface area contributed by atoms with Crippen LogP contribution in [-0.4, -0.2) is 11.9 Å². The molecule has 0 unspecified atom stereocenters. The molecule has 3 rings (SSSR count). The van der Waals surface area contributed by atoms with Crippen LogP contribution < -0.4 is 5.32 Å². The fourth-order valence-corrected chi connectivity index (χ4v) is 2.89. The summed E-state index contributed by atoms with van der Waals surface area (Å²) in [6.07, 6.45) is 5.64. The molecule has 0 radical (unpaired) electrons. The first kappa shape index (κ1) is 14.8. The molecule has 1 aromatic carbocycles. The van der Waals surface area contributed by atoms with Gasteiger partial charge in [-0.05, 0) is 49.2 Å². The van der Waals surface area contributed by atoms with Crippen LogP contribution in [0.4, 0.5) is 4.39 Å². The van der Waals surface area contributed by atoms with Crippen LogP contribution in [0.15, 0.2) is 40.8 Å². The van der Waals surface area contributed by atoms with Gasteiger partial charge in [-0.2, -0.15) is 0 Å². The number of nitrogens with one attached hydrogen (secondary N) is 1. The third kappa shape index (κ3) is 3.75. The van der Waals surface area contributed by atoms with Gasteiger partial charge in [-0.1, -0.05) is 12.8 Å². The van der Waals surface area contributed by atoms with Gasteiger partial charge in [0.2, 0.25) is 5.91 Å². The predicted molar refractivity (Wildman–Crippen MR) is 82.8 cm³/mol. The molecular weight excluding hydrogens is 281 g/mol. The molecule has 1 amide bonds. The normalized spacial score (nSPS) is 15.1. The molecule has 1 aliphatic rings. The Balaban J connectivity index is 1.53. The van der Waals surface area contributed by atoms with Crippen molar-refractivity contribution in [3.63, 3.8) is 0 Å². The summed E-state index contributed by atoms with van der Waals surface area (Å²) in [6, 6.07) is 10.3. The van der Waals surface area contributed by atoms with E-state index in [0.29, 0.717) is 24.6 Å². The molecular formula is C18H20FNO2. The highest BCUT2D eigenvalue weighted by Crippen LogP contribution is 2.23. The Labute approximate surface area is 129 Å². The van der Waals surface area contributed by atoms with Gasteiger partial charge in [0.15, 0.2) is 0 Å². The Hall–Kier alpha value is -2.10. The minimum atomic E-state index is -0.265. The van der Waals surface area contributed by atoms with Crippen LogP contribution in [0.2, 0.25) is 0 Å². The summed E-state index contributed by atoms with van der Waals surface area (Å²) >= 11 is 0. The van der Waals surface area contributed by atoms with Crippen molar-refractivity contribution < 1.29 is 13.6 Å². The van der Waals surface area contributed by atoms with Crippen molar-refractivity contribution in [2.24, 2.45) is 0 Å². The zero-order valence-corrected chi connectivity index (χ0v) is 12.5. The number of furan rings is 1. The van der Waals surface area contributed by atoms with Crippen LogP contribution in [0.5, 0.6) is 0 Å². The maximum Gasteiger partial charge on any atom is 0.220 e. The van der Waals surface area contributed by atoms with E-state index >= 15 is 0 Å². The van der Waals surface area contributed by atoms with Crippen LogP contribution in [0.25, 0.3) is 11.3 Å². The number of carbonyl (C=O) groups excluding carboxylic acids is 1. The van der Waals surface area contributed by atoms with Crippen LogP contribution in [-0.2, 0) is 11.2 Å². The lowest BCUT2D eigenvalue weighted by Gasteiger charge is -2.11. The first-order valence-electron chi connectivity index (χ1n) is 7.85. The molecule has 1 saturated carbocycles. The fraction of sp³-hybridized carbons (Fsp3) is 0.389. The Morgan fingerprint density at radius 3 is 2.59 bits per heavy atom. The summed E-state index contributed by atoms with van der Waals surface area (Å²) in [5.74, 6) is 1.30. The van der Waals surface area contributed by atoms with Gasteiger partial charge in [0.25, 0.3) is 0 Å². The average Bonchev–Trinajstić information content (AvgIpc) is 3.17. The predicted octanol–water partition coefficient (Wildman–Crippen LogP) is 4.08. The van der Waals surface area contributed by atoms with Crippen molar-refractivity contribution in [2.75, 3.05) is 0 Å². The van der Waals surface area contributed by atoms with Crippen molar-refractivity contribution in [3.05, 3.63) is 48.0 Å². The van der Waals surface area contributed by atoms with Gasteiger partial charge in [-0.15, -0.1) is 0 Å². The maximum absolute atomic E-state index is 12.9. The van der Waals surface area contributed by atoms with Gasteiger partial charge in [0.1, 0.15) is 17.3 Å². The van der Waals surface area contributed by atoms with Crippen LogP contribution in [0.1, 0.15) is 37.9 Å². The fourth-order valence-electron chi connectivity index (χ4n) is 2.89. The minimum Gasteiger partial charge on any atom is -0.461 e. The van der Waals surface area contributed by atoms with Gasteiger partial charge in [-0.3, -0.25) is 4.79 Å². The third-order valence-electron chi connectivity index (χ3n) is 4.11. The molecule has 4 heteroatoms. The minimum absolute atomic E-state index is 0.0895. The Kier molecular flexibility index (Phi) is 4.56. The molecule has 3 nitrogen and oxygen atoms in total. The van der Waals surface area contributed by atoms with Gasteiger partial charge < -0.3 is 9.73 Å². The van der Waals surface area contributed by atoms with E-state index in [0.717, 1.165) is 24.2 Å². The molecule has 1 heterocycles. The first-order chi connectivity index (χ1) is 10.7. The highest BCUT2D eigenvalue weighted by molar-refractivity contribution is 5.76. The first-order valence-corrected chi connectivity index (χ1v) is 7.85. The monoisotopic (exact) mass is 301 g/mol. The highest BCUT2D eigenvalue weighted by atomic mass is 19.1. The number of hydrogen-bond acceptors (Lipinski definition) is 2.